The van der Waals surface area contributed by atoms with Crippen molar-refractivity contribution < 1.29 is 19.8 Å². The third-order valence-corrected chi connectivity index (χ3v) is 1.83. The Morgan fingerprint density at radius 2 is 1.19 bits per heavy atom. The van der Waals surface area contributed by atoms with E-state index in [0.29, 0.717) is 12.8 Å². The first-order valence-electron chi connectivity index (χ1n) is 5.33. The summed E-state index contributed by atoms with van der Waals surface area (Å²) >= 11 is 0. The van der Waals surface area contributed by atoms with Crippen LogP contribution >= 0.6 is 0 Å². The summed E-state index contributed by atoms with van der Waals surface area (Å²) in [6, 6.07) is -1.33. The first kappa shape index (κ1) is 17.3. The Hall–Kier alpha value is -1.14. The van der Waals surface area contributed by atoms with Crippen LogP contribution in [0.5, 0.6) is 0 Å². The SMILES string of the molecule is CCC[C@H](N)C(=O)O.CCC[C@H](N)C(=O)O. The molecule has 0 aromatic carbocycles. The Balaban J connectivity index is 0. The molecule has 0 rings (SSSR count). The lowest BCUT2D eigenvalue weighted by Crippen LogP contribution is -2.29. The molecular formula is C10H22N2O4. The minimum atomic E-state index is -0.910. The van der Waals surface area contributed by atoms with Gasteiger partial charge in [-0.2, -0.15) is 0 Å². The van der Waals surface area contributed by atoms with E-state index >= 15 is 0 Å². The van der Waals surface area contributed by atoms with Gasteiger partial charge >= 0.3 is 11.9 Å². The maximum atomic E-state index is 9.96. The molecule has 0 aliphatic heterocycles. The van der Waals surface area contributed by atoms with E-state index in [1.54, 1.807) is 0 Å². The molecule has 0 fully saturated rings. The van der Waals surface area contributed by atoms with Crippen molar-refractivity contribution in [2.24, 2.45) is 11.5 Å². The molecule has 2 atom stereocenters. The predicted molar refractivity (Wildman–Crippen MR) is 61.0 cm³/mol. The number of rotatable bonds is 6. The number of aliphatic carboxylic acids is 2. The largest absolute Gasteiger partial charge is 0.480 e. The number of nitrogens with two attached hydrogens (primary N) is 2. The van der Waals surface area contributed by atoms with Gasteiger partial charge in [0.1, 0.15) is 12.1 Å². The van der Waals surface area contributed by atoms with Gasteiger partial charge in [0.25, 0.3) is 0 Å². The first-order chi connectivity index (χ1) is 7.36. The lowest BCUT2D eigenvalue weighted by molar-refractivity contribution is -0.139. The number of hydrogen-bond acceptors (Lipinski definition) is 4. The van der Waals surface area contributed by atoms with Crippen LogP contribution in [-0.4, -0.2) is 34.2 Å². The average Bonchev–Trinajstić information content (AvgIpc) is 2.19. The van der Waals surface area contributed by atoms with E-state index in [4.69, 9.17) is 21.7 Å². The summed E-state index contributed by atoms with van der Waals surface area (Å²) in [5.41, 5.74) is 10.3. The smallest absolute Gasteiger partial charge is 0.320 e. The highest BCUT2D eigenvalue weighted by Gasteiger charge is 2.08. The topological polar surface area (TPSA) is 127 Å². The predicted octanol–water partition coefficient (Wildman–Crippen LogP) is 0.397. The third kappa shape index (κ3) is 10.9. The van der Waals surface area contributed by atoms with E-state index in [-0.39, 0.29) is 0 Å². The summed E-state index contributed by atoms with van der Waals surface area (Å²) in [7, 11) is 0. The summed E-state index contributed by atoms with van der Waals surface area (Å²) in [4.78, 5) is 19.9. The zero-order chi connectivity index (χ0) is 13.1. The monoisotopic (exact) mass is 234 g/mol. The quantitative estimate of drug-likeness (QED) is 0.526. The van der Waals surface area contributed by atoms with Gasteiger partial charge in [0.05, 0.1) is 0 Å². The van der Waals surface area contributed by atoms with Crippen LogP contribution in [0.25, 0.3) is 0 Å². The van der Waals surface area contributed by atoms with Gasteiger partial charge in [0.15, 0.2) is 0 Å². The van der Waals surface area contributed by atoms with Gasteiger partial charge in [0, 0.05) is 0 Å². The van der Waals surface area contributed by atoms with E-state index in [9.17, 15) is 9.59 Å². The summed E-state index contributed by atoms with van der Waals surface area (Å²) in [6.07, 6.45) is 2.78. The highest BCUT2D eigenvalue weighted by atomic mass is 16.4. The summed E-state index contributed by atoms with van der Waals surface area (Å²) < 4.78 is 0. The normalized spacial score (nSPS) is 13.2. The molecule has 96 valence electrons. The van der Waals surface area contributed by atoms with Crippen molar-refractivity contribution in [3.8, 4) is 0 Å². The fraction of sp³-hybridized carbons (Fsp3) is 0.800. The number of carbonyl (C=O) groups is 2. The van der Waals surface area contributed by atoms with Gasteiger partial charge in [0.2, 0.25) is 0 Å². The maximum absolute atomic E-state index is 9.96. The zero-order valence-electron chi connectivity index (χ0n) is 9.85. The van der Waals surface area contributed by atoms with Crippen molar-refractivity contribution in [3.63, 3.8) is 0 Å². The van der Waals surface area contributed by atoms with Crippen LogP contribution in [0.1, 0.15) is 39.5 Å². The van der Waals surface area contributed by atoms with Crippen LogP contribution in [0, 0.1) is 0 Å². The van der Waals surface area contributed by atoms with Crippen molar-refractivity contribution in [3.05, 3.63) is 0 Å². The second-order valence-electron chi connectivity index (χ2n) is 3.47. The molecule has 0 amide bonds. The minimum absolute atomic E-state index is 0.565. The lowest BCUT2D eigenvalue weighted by atomic mass is 10.2. The molecule has 0 aliphatic rings. The van der Waals surface area contributed by atoms with Gasteiger partial charge < -0.3 is 21.7 Å². The van der Waals surface area contributed by atoms with Crippen molar-refractivity contribution in [2.45, 2.75) is 51.6 Å². The van der Waals surface area contributed by atoms with E-state index in [1.807, 2.05) is 13.8 Å². The van der Waals surface area contributed by atoms with Crippen molar-refractivity contribution >= 4 is 11.9 Å². The first-order valence-corrected chi connectivity index (χ1v) is 5.33. The molecule has 16 heavy (non-hydrogen) atoms. The molecule has 0 spiro atoms. The molecule has 0 aromatic rings. The Kier molecular flexibility index (Phi) is 11.2. The van der Waals surface area contributed by atoms with Gasteiger partial charge in [-0.1, -0.05) is 26.7 Å². The van der Waals surface area contributed by atoms with Gasteiger partial charge in [-0.25, -0.2) is 0 Å². The van der Waals surface area contributed by atoms with Gasteiger partial charge in [-0.3, -0.25) is 9.59 Å². The molecule has 0 unspecified atom stereocenters. The fourth-order valence-corrected chi connectivity index (χ4v) is 0.869. The molecule has 0 aliphatic carbocycles. The zero-order valence-corrected chi connectivity index (χ0v) is 9.85. The third-order valence-electron chi connectivity index (χ3n) is 1.83. The van der Waals surface area contributed by atoms with E-state index in [1.165, 1.54) is 0 Å². The molecule has 0 radical (unpaired) electrons. The van der Waals surface area contributed by atoms with Crippen LogP contribution in [0.3, 0.4) is 0 Å². The van der Waals surface area contributed by atoms with Crippen molar-refractivity contribution in [2.75, 3.05) is 0 Å². The minimum Gasteiger partial charge on any atom is -0.480 e. The molecule has 6 nitrogen and oxygen atoms in total. The van der Waals surface area contributed by atoms with E-state index < -0.39 is 24.0 Å². The van der Waals surface area contributed by atoms with Gasteiger partial charge in [-0.15, -0.1) is 0 Å². The molecule has 0 saturated heterocycles. The molecule has 6 heteroatoms. The van der Waals surface area contributed by atoms with Crippen molar-refractivity contribution in [1.82, 2.24) is 0 Å². The van der Waals surface area contributed by atoms with Crippen molar-refractivity contribution in [1.29, 1.82) is 0 Å². The Morgan fingerprint density at radius 1 is 0.938 bits per heavy atom. The number of hydrogen-bond donors (Lipinski definition) is 4. The Labute approximate surface area is 95.6 Å². The molecule has 6 N–H and O–H groups in total. The molecular weight excluding hydrogens is 212 g/mol. The van der Waals surface area contributed by atoms with E-state index in [0.717, 1.165) is 12.8 Å². The van der Waals surface area contributed by atoms with Crippen LogP contribution < -0.4 is 11.5 Å². The molecule has 0 aromatic heterocycles. The highest BCUT2D eigenvalue weighted by molar-refractivity contribution is 5.73. The van der Waals surface area contributed by atoms with Crippen LogP contribution in [0.2, 0.25) is 0 Å². The molecule has 0 saturated carbocycles. The number of carboxylic acids is 2. The van der Waals surface area contributed by atoms with Crippen LogP contribution in [0.15, 0.2) is 0 Å². The Morgan fingerprint density at radius 3 is 1.25 bits per heavy atom. The maximum Gasteiger partial charge on any atom is 0.320 e. The lowest BCUT2D eigenvalue weighted by Gasteiger charge is -2.00. The summed E-state index contributed by atoms with van der Waals surface area (Å²) in [5, 5.41) is 16.4. The van der Waals surface area contributed by atoms with Crippen LogP contribution in [0.4, 0.5) is 0 Å². The second-order valence-corrected chi connectivity index (χ2v) is 3.47. The average molecular weight is 234 g/mol. The molecule has 0 bridgehead atoms. The highest BCUT2D eigenvalue weighted by Crippen LogP contribution is 1.91. The Bertz CT molecular complexity index is 187. The van der Waals surface area contributed by atoms with Gasteiger partial charge in [-0.05, 0) is 12.8 Å². The number of carboxylic acid groups (broad SMARTS) is 2. The fourth-order valence-electron chi connectivity index (χ4n) is 0.869. The standard InChI is InChI=1S/2C5H11NO2/c2*1-2-3-4(6)5(7)8/h2*4H,2-3,6H2,1H3,(H,7,8)/t2*4-/m00/s1. The molecule has 0 heterocycles. The summed E-state index contributed by atoms with van der Waals surface area (Å²) in [6.45, 7) is 3.81. The van der Waals surface area contributed by atoms with E-state index in [2.05, 4.69) is 0 Å². The van der Waals surface area contributed by atoms with Crippen LogP contribution in [-0.2, 0) is 9.59 Å². The summed E-state index contributed by atoms with van der Waals surface area (Å²) in [5.74, 6) is -1.82. The second kappa shape index (κ2) is 10.4.